The van der Waals surface area contributed by atoms with Crippen molar-refractivity contribution in [3.63, 3.8) is 0 Å². The lowest BCUT2D eigenvalue weighted by Gasteiger charge is -2.10. The van der Waals surface area contributed by atoms with Crippen LogP contribution in [-0.4, -0.2) is 11.8 Å². The van der Waals surface area contributed by atoms with E-state index in [4.69, 9.17) is 14.7 Å². The molecule has 5 heteroatoms. The van der Waals surface area contributed by atoms with Crippen molar-refractivity contribution < 1.29 is 9.47 Å². The first-order chi connectivity index (χ1) is 9.61. The van der Waals surface area contributed by atoms with Gasteiger partial charge in [-0.1, -0.05) is 0 Å². The van der Waals surface area contributed by atoms with Crippen LogP contribution in [0.1, 0.15) is 16.7 Å². The highest BCUT2D eigenvalue weighted by Crippen LogP contribution is 2.36. The Kier molecular flexibility index (Phi) is 2.72. The van der Waals surface area contributed by atoms with Crippen molar-refractivity contribution in [1.29, 1.82) is 5.26 Å². The molecule has 0 aliphatic carbocycles. The molecule has 3 rings (SSSR count). The Bertz CT molecular complexity index is 800. The van der Waals surface area contributed by atoms with Gasteiger partial charge in [-0.2, -0.15) is 5.26 Å². The maximum atomic E-state index is 11.9. The number of H-pyrrole nitrogens is 1. The normalized spacial score (nSPS) is 12.2. The van der Waals surface area contributed by atoms with Gasteiger partial charge in [0, 0.05) is 5.56 Å². The fraction of sp³-hybridized carbons (Fsp3) is 0.200. The molecule has 0 saturated heterocycles. The zero-order valence-corrected chi connectivity index (χ0v) is 11.1. The molecule has 0 spiro atoms. The maximum absolute atomic E-state index is 11.9. The molecule has 2 aromatic rings. The first-order valence-corrected chi connectivity index (χ1v) is 6.15. The van der Waals surface area contributed by atoms with Crippen LogP contribution in [0.3, 0.4) is 0 Å². The lowest BCUT2D eigenvalue weighted by atomic mass is 9.99. The molecular formula is C15H12N2O3. The molecule has 1 aromatic heterocycles. The summed E-state index contributed by atoms with van der Waals surface area (Å²) < 4.78 is 10.6. The Hall–Kier alpha value is -2.74. The summed E-state index contributed by atoms with van der Waals surface area (Å²) in [6.07, 6.45) is 0. The fourth-order valence-corrected chi connectivity index (χ4v) is 2.29. The Balaban J connectivity index is 2.21. The van der Waals surface area contributed by atoms with Crippen molar-refractivity contribution in [2.45, 2.75) is 13.8 Å². The highest BCUT2D eigenvalue weighted by Gasteiger charge is 2.17. The monoisotopic (exact) mass is 268 g/mol. The second-order valence-corrected chi connectivity index (χ2v) is 4.63. The molecule has 0 amide bonds. The van der Waals surface area contributed by atoms with Gasteiger partial charge < -0.3 is 14.5 Å². The summed E-state index contributed by atoms with van der Waals surface area (Å²) in [5, 5.41) is 9.01. The molecule has 0 unspecified atom stereocenters. The molecule has 0 bridgehead atoms. The molecule has 1 aromatic carbocycles. The molecule has 1 N–H and O–H groups in total. The first-order valence-electron chi connectivity index (χ1n) is 6.15. The second-order valence-electron chi connectivity index (χ2n) is 4.63. The van der Waals surface area contributed by atoms with Gasteiger partial charge >= 0.3 is 0 Å². The number of nitriles is 1. The molecule has 0 saturated carbocycles. The number of rotatable bonds is 1. The van der Waals surface area contributed by atoms with E-state index in [0.717, 1.165) is 11.1 Å². The Morgan fingerprint density at radius 1 is 1.20 bits per heavy atom. The molecule has 0 fully saturated rings. The topological polar surface area (TPSA) is 75.1 Å². The van der Waals surface area contributed by atoms with Gasteiger partial charge in [-0.25, -0.2) is 0 Å². The van der Waals surface area contributed by atoms with Crippen LogP contribution in [0.5, 0.6) is 11.5 Å². The molecule has 1 aliphatic rings. The van der Waals surface area contributed by atoms with Crippen LogP contribution >= 0.6 is 0 Å². The highest BCUT2D eigenvalue weighted by molar-refractivity contribution is 5.69. The minimum Gasteiger partial charge on any atom is -0.454 e. The summed E-state index contributed by atoms with van der Waals surface area (Å²) in [6.45, 7) is 3.87. The van der Waals surface area contributed by atoms with Gasteiger partial charge in [-0.15, -0.1) is 0 Å². The largest absolute Gasteiger partial charge is 0.454 e. The summed E-state index contributed by atoms with van der Waals surface area (Å²) in [7, 11) is 0. The van der Waals surface area contributed by atoms with E-state index in [9.17, 15) is 4.79 Å². The van der Waals surface area contributed by atoms with E-state index in [1.54, 1.807) is 6.92 Å². The SMILES string of the molecule is Cc1c(-c2ccc3c(c2)OCO3)[nH]c(=O)c(C#N)c1C. The average molecular weight is 268 g/mol. The fourth-order valence-electron chi connectivity index (χ4n) is 2.29. The van der Waals surface area contributed by atoms with Crippen molar-refractivity contribution in [3.05, 3.63) is 45.2 Å². The van der Waals surface area contributed by atoms with E-state index >= 15 is 0 Å². The number of pyridine rings is 1. The summed E-state index contributed by atoms with van der Waals surface area (Å²) >= 11 is 0. The highest BCUT2D eigenvalue weighted by atomic mass is 16.7. The van der Waals surface area contributed by atoms with Crippen molar-refractivity contribution in [2.24, 2.45) is 0 Å². The molecule has 1 aliphatic heterocycles. The Labute approximate surface area is 115 Å². The molecule has 20 heavy (non-hydrogen) atoms. The van der Waals surface area contributed by atoms with Crippen LogP contribution in [0.15, 0.2) is 23.0 Å². The van der Waals surface area contributed by atoms with Gasteiger partial charge in [0.1, 0.15) is 11.6 Å². The number of nitrogens with zero attached hydrogens (tertiary/aromatic N) is 1. The van der Waals surface area contributed by atoms with Crippen LogP contribution in [0.2, 0.25) is 0 Å². The lowest BCUT2D eigenvalue weighted by Crippen LogP contribution is -2.15. The third kappa shape index (κ3) is 1.74. The predicted octanol–water partition coefficient (Wildman–Crippen LogP) is 2.26. The number of ether oxygens (including phenoxy) is 2. The van der Waals surface area contributed by atoms with Gasteiger partial charge in [0.05, 0.1) is 5.69 Å². The molecule has 0 radical (unpaired) electrons. The average Bonchev–Trinajstić information content (AvgIpc) is 2.90. The summed E-state index contributed by atoms with van der Waals surface area (Å²) in [6, 6.07) is 7.43. The van der Waals surface area contributed by atoms with Crippen LogP contribution in [0, 0.1) is 25.2 Å². The van der Waals surface area contributed by atoms with E-state index in [0.29, 0.717) is 22.8 Å². The van der Waals surface area contributed by atoms with Crippen LogP contribution in [-0.2, 0) is 0 Å². The van der Waals surface area contributed by atoms with Crippen LogP contribution < -0.4 is 15.0 Å². The van der Waals surface area contributed by atoms with Crippen LogP contribution in [0.25, 0.3) is 11.3 Å². The van der Waals surface area contributed by atoms with E-state index in [1.165, 1.54) is 0 Å². The number of nitrogens with one attached hydrogen (secondary N) is 1. The Morgan fingerprint density at radius 3 is 2.70 bits per heavy atom. The minimum absolute atomic E-state index is 0.159. The van der Waals surface area contributed by atoms with E-state index in [-0.39, 0.29) is 17.9 Å². The van der Waals surface area contributed by atoms with E-state index in [1.807, 2.05) is 31.2 Å². The van der Waals surface area contributed by atoms with Gasteiger partial charge in [-0.3, -0.25) is 4.79 Å². The quantitative estimate of drug-likeness (QED) is 0.860. The summed E-state index contributed by atoms with van der Waals surface area (Å²) in [5.74, 6) is 1.35. The molecule has 2 heterocycles. The number of aromatic nitrogens is 1. The van der Waals surface area contributed by atoms with Gasteiger partial charge in [0.2, 0.25) is 6.79 Å². The number of aromatic amines is 1. The first kappa shape index (κ1) is 12.3. The number of hydrogen-bond acceptors (Lipinski definition) is 4. The summed E-state index contributed by atoms with van der Waals surface area (Å²) in [5.41, 5.74) is 2.89. The third-order valence-electron chi connectivity index (χ3n) is 3.55. The van der Waals surface area contributed by atoms with Gasteiger partial charge in [0.25, 0.3) is 5.56 Å². The van der Waals surface area contributed by atoms with E-state index in [2.05, 4.69) is 4.98 Å². The summed E-state index contributed by atoms with van der Waals surface area (Å²) in [4.78, 5) is 14.7. The zero-order valence-electron chi connectivity index (χ0n) is 11.1. The van der Waals surface area contributed by atoms with Gasteiger partial charge in [-0.05, 0) is 43.2 Å². The third-order valence-corrected chi connectivity index (χ3v) is 3.55. The molecule has 100 valence electrons. The van der Waals surface area contributed by atoms with Crippen molar-refractivity contribution >= 4 is 0 Å². The number of fused-ring (bicyclic) bond motifs is 1. The van der Waals surface area contributed by atoms with Crippen molar-refractivity contribution in [1.82, 2.24) is 4.98 Å². The standard InChI is InChI=1S/C15H12N2O3/c1-8-9(2)14(17-15(18)11(8)6-16)10-3-4-12-13(5-10)20-7-19-12/h3-5H,7H2,1-2H3,(H,17,18). The van der Waals surface area contributed by atoms with Gasteiger partial charge in [0.15, 0.2) is 11.5 Å². The molecular weight excluding hydrogens is 256 g/mol. The molecule has 5 nitrogen and oxygen atoms in total. The lowest BCUT2D eigenvalue weighted by molar-refractivity contribution is 0.174. The second kappa shape index (κ2) is 4.42. The maximum Gasteiger partial charge on any atom is 0.266 e. The number of benzene rings is 1. The minimum atomic E-state index is -0.372. The molecule has 0 atom stereocenters. The number of hydrogen-bond donors (Lipinski definition) is 1. The van der Waals surface area contributed by atoms with Crippen LogP contribution in [0.4, 0.5) is 0 Å². The smallest absolute Gasteiger partial charge is 0.266 e. The van der Waals surface area contributed by atoms with E-state index < -0.39 is 0 Å². The van der Waals surface area contributed by atoms with Crippen molar-refractivity contribution in [2.75, 3.05) is 6.79 Å². The predicted molar refractivity (Wildman–Crippen MR) is 72.8 cm³/mol. The zero-order chi connectivity index (χ0) is 14.3. The van der Waals surface area contributed by atoms with Crippen molar-refractivity contribution in [3.8, 4) is 28.8 Å². The Morgan fingerprint density at radius 2 is 1.95 bits per heavy atom.